The van der Waals surface area contributed by atoms with Crippen LogP contribution < -0.4 is 5.32 Å². The van der Waals surface area contributed by atoms with Gasteiger partial charge in [0.15, 0.2) is 12.1 Å². The minimum atomic E-state index is -0.960. The molecule has 1 aromatic carbocycles. The van der Waals surface area contributed by atoms with E-state index < -0.39 is 12.3 Å². The topological polar surface area (TPSA) is 102 Å². The van der Waals surface area contributed by atoms with Gasteiger partial charge in [-0.2, -0.15) is 0 Å². The second-order valence-electron chi connectivity index (χ2n) is 8.67. The molecule has 2 aromatic heterocycles. The SMILES string of the molecule is COC(O)C[C@@H]1N=C(c2ccc(NCCC(C=O)CI)cc2)c2c(sc(C)c2C)-n2c(C)nnc21. The second-order valence-corrected chi connectivity index (χ2v) is 10.8. The van der Waals surface area contributed by atoms with Crippen molar-refractivity contribution in [1.82, 2.24) is 14.8 Å². The third-order valence-corrected chi connectivity index (χ3v) is 8.65. The smallest absolute Gasteiger partial charge is 0.163 e. The molecule has 2 N–H and O–H groups in total. The number of hydrogen-bond acceptors (Lipinski definition) is 8. The largest absolute Gasteiger partial charge is 0.385 e. The van der Waals surface area contributed by atoms with Crippen molar-refractivity contribution in [3.63, 3.8) is 0 Å². The number of aromatic nitrogens is 3. The molecule has 1 aliphatic heterocycles. The van der Waals surface area contributed by atoms with Crippen LogP contribution in [0, 0.1) is 26.7 Å². The summed E-state index contributed by atoms with van der Waals surface area (Å²) in [6, 6.07) is 7.81. The number of aliphatic imine (C=N–C) groups is 1. The van der Waals surface area contributed by atoms with E-state index in [1.165, 1.54) is 17.6 Å². The van der Waals surface area contributed by atoms with Gasteiger partial charge in [-0.15, -0.1) is 21.5 Å². The van der Waals surface area contributed by atoms with Crippen molar-refractivity contribution in [3.05, 3.63) is 57.5 Å². The van der Waals surface area contributed by atoms with Crippen LogP contribution in [0.15, 0.2) is 29.3 Å². The van der Waals surface area contributed by atoms with Gasteiger partial charge in [0.1, 0.15) is 23.2 Å². The summed E-state index contributed by atoms with van der Waals surface area (Å²) in [4.78, 5) is 17.4. The molecule has 0 spiro atoms. The quantitative estimate of drug-likeness (QED) is 0.152. The van der Waals surface area contributed by atoms with Crippen LogP contribution in [0.2, 0.25) is 0 Å². The lowest BCUT2D eigenvalue weighted by atomic mass is 9.99. The number of aliphatic hydroxyl groups excluding tert-OH is 1. The third-order valence-electron chi connectivity index (χ3n) is 6.33. The monoisotopic (exact) mass is 607 g/mol. The Bertz CT molecular complexity index is 1220. The number of carbonyl (C=O) groups is 1. The van der Waals surface area contributed by atoms with Gasteiger partial charge >= 0.3 is 0 Å². The number of anilines is 1. The lowest BCUT2D eigenvalue weighted by Gasteiger charge is -2.16. The van der Waals surface area contributed by atoms with Crippen LogP contribution in [-0.4, -0.2) is 56.2 Å². The van der Waals surface area contributed by atoms with Crippen LogP contribution >= 0.6 is 33.9 Å². The number of aliphatic hydroxyl groups is 1. The first-order chi connectivity index (χ1) is 16.9. The molecule has 0 saturated heterocycles. The van der Waals surface area contributed by atoms with Crippen LogP contribution in [0.25, 0.3) is 5.00 Å². The number of halogens is 1. The molecule has 3 aromatic rings. The Kier molecular flexibility index (Phi) is 8.35. The van der Waals surface area contributed by atoms with E-state index >= 15 is 0 Å². The van der Waals surface area contributed by atoms with Crippen LogP contribution in [0.5, 0.6) is 0 Å². The van der Waals surface area contributed by atoms with Gasteiger partial charge in [-0.05, 0) is 44.9 Å². The van der Waals surface area contributed by atoms with E-state index in [0.717, 1.165) is 57.0 Å². The van der Waals surface area contributed by atoms with E-state index in [2.05, 4.69) is 68.7 Å². The fourth-order valence-electron chi connectivity index (χ4n) is 4.16. The number of ether oxygens (including phenoxy) is 1. The number of alkyl halides is 1. The maximum Gasteiger partial charge on any atom is 0.163 e. The summed E-state index contributed by atoms with van der Waals surface area (Å²) in [7, 11) is 1.48. The molecular formula is C25H30IN5O3S. The Morgan fingerprint density at radius 2 is 2.00 bits per heavy atom. The van der Waals surface area contributed by atoms with E-state index in [9.17, 15) is 9.90 Å². The zero-order valence-corrected chi connectivity index (χ0v) is 23.3. The number of aryl methyl sites for hydroxylation is 2. The standard InChI is InChI=1S/C25H30IN5O3S/c1-14-15(2)35-25-22(14)23(18-5-7-19(8-6-18)27-10-9-17(12-26)13-32)28-20(11-21(33)34-4)24-30-29-16(3)31(24)25/h5-8,13,17,20-21,27,33H,9-12H2,1-4H3/t17?,20-,21?/m0/s1. The van der Waals surface area contributed by atoms with Gasteiger partial charge in [0.25, 0.3) is 0 Å². The van der Waals surface area contributed by atoms with Gasteiger partial charge in [0, 0.05) is 52.1 Å². The number of carbonyl (C=O) groups excluding carboxylic acids is 1. The molecule has 186 valence electrons. The molecule has 35 heavy (non-hydrogen) atoms. The highest BCUT2D eigenvalue weighted by Crippen LogP contribution is 2.39. The molecule has 4 rings (SSSR count). The van der Waals surface area contributed by atoms with Gasteiger partial charge < -0.3 is 20.0 Å². The highest BCUT2D eigenvalue weighted by Gasteiger charge is 2.32. The highest BCUT2D eigenvalue weighted by atomic mass is 127. The predicted octanol–water partition coefficient (Wildman–Crippen LogP) is 4.55. The summed E-state index contributed by atoms with van der Waals surface area (Å²) in [5, 5.41) is 23.5. The Morgan fingerprint density at radius 3 is 2.66 bits per heavy atom. The van der Waals surface area contributed by atoms with Gasteiger partial charge in [0.2, 0.25) is 0 Å². The van der Waals surface area contributed by atoms with E-state index in [1.54, 1.807) is 11.3 Å². The number of aldehydes is 1. The summed E-state index contributed by atoms with van der Waals surface area (Å²) < 4.78 is 8.04. The minimum Gasteiger partial charge on any atom is -0.385 e. The Balaban J connectivity index is 1.72. The average Bonchev–Trinajstić information content (AvgIpc) is 3.34. The second kappa shape index (κ2) is 11.3. The highest BCUT2D eigenvalue weighted by molar-refractivity contribution is 14.1. The van der Waals surface area contributed by atoms with Crippen molar-refractivity contribution >= 4 is 51.6 Å². The zero-order valence-electron chi connectivity index (χ0n) is 20.3. The van der Waals surface area contributed by atoms with Gasteiger partial charge in [-0.25, -0.2) is 0 Å². The number of benzene rings is 1. The van der Waals surface area contributed by atoms with Crippen molar-refractivity contribution in [1.29, 1.82) is 0 Å². The number of hydrogen-bond donors (Lipinski definition) is 2. The fourth-order valence-corrected chi connectivity index (χ4v) is 6.02. The number of nitrogens with zero attached hydrogens (tertiary/aromatic N) is 4. The average molecular weight is 608 g/mol. The molecule has 0 amide bonds. The van der Waals surface area contributed by atoms with Crippen LogP contribution in [0.1, 0.15) is 52.1 Å². The van der Waals surface area contributed by atoms with E-state index in [0.29, 0.717) is 5.82 Å². The van der Waals surface area contributed by atoms with E-state index in [4.69, 9.17) is 9.73 Å². The van der Waals surface area contributed by atoms with Crippen LogP contribution in [-0.2, 0) is 9.53 Å². The molecule has 1 aliphatic rings. The molecule has 0 bridgehead atoms. The van der Waals surface area contributed by atoms with Crippen molar-refractivity contribution in [2.45, 2.75) is 45.9 Å². The predicted molar refractivity (Wildman–Crippen MR) is 147 cm³/mol. The number of rotatable bonds is 10. The molecule has 2 unspecified atom stereocenters. The Hall–Kier alpha value is -2.15. The first-order valence-corrected chi connectivity index (χ1v) is 13.9. The Morgan fingerprint density at radius 1 is 1.26 bits per heavy atom. The maximum absolute atomic E-state index is 11.1. The van der Waals surface area contributed by atoms with Crippen molar-refractivity contribution in [2.24, 2.45) is 10.9 Å². The van der Waals surface area contributed by atoms with Crippen LogP contribution in [0.3, 0.4) is 0 Å². The summed E-state index contributed by atoms with van der Waals surface area (Å²) in [5.74, 6) is 1.57. The lowest BCUT2D eigenvalue weighted by molar-refractivity contribution is -0.110. The molecule has 0 aliphatic carbocycles. The lowest BCUT2D eigenvalue weighted by Crippen LogP contribution is -2.16. The molecule has 10 heteroatoms. The summed E-state index contributed by atoms with van der Waals surface area (Å²) >= 11 is 3.95. The molecule has 0 fully saturated rings. The maximum atomic E-state index is 11.1. The van der Waals surface area contributed by atoms with Crippen molar-refractivity contribution in [3.8, 4) is 5.00 Å². The van der Waals surface area contributed by atoms with E-state index in [1.807, 2.05) is 19.1 Å². The first-order valence-electron chi connectivity index (χ1n) is 11.5. The fraction of sp³-hybridized carbons (Fsp3) is 0.440. The molecule has 0 radical (unpaired) electrons. The van der Waals surface area contributed by atoms with E-state index in [-0.39, 0.29) is 12.3 Å². The van der Waals surface area contributed by atoms with Gasteiger partial charge in [-0.3, -0.25) is 9.56 Å². The van der Waals surface area contributed by atoms with Crippen molar-refractivity contribution in [2.75, 3.05) is 23.4 Å². The van der Waals surface area contributed by atoms with Gasteiger partial charge in [-0.1, -0.05) is 34.7 Å². The normalized spacial score (nSPS) is 16.6. The molecular weight excluding hydrogens is 577 g/mol. The zero-order chi connectivity index (χ0) is 25.1. The summed E-state index contributed by atoms with van der Waals surface area (Å²) in [5.41, 5.74) is 5.11. The minimum absolute atomic E-state index is 0.0784. The summed E-state index contributed by atoms with van der Waals surface area (Å²) in [6.07, 6.45) is 1.15. The van der Waals surface area contributed by atoms with Crippen LogP contribution in [0.4, 0.5) is 5.69 Å². The molecule has 0 saturated carbocycles. The van der Waals surface area contributed by atoms with Crippen molar-refractivity contribution < 1.29 is 14.6 Å². The number of methoxy groups -OCH3 is 1. The first kappa shape index (κ1) is 25.9. The molecule has 8 nitrogen and oxygen atoms in total. The number of thiophene rings is 1. The molecule has 3 atom stereocenters. The third kappa shape index (κ3) is 5.35. The summed E-state index contributed by atoms with van der Waals surface area (Å²) in [6.45, 7) is 6.92. The van der Waals surface area contributed by atoms with Gasteiger partial charge in [0.05, 0.1) is 5.71 Å². The molecule has 3 heterocycles. The number of nitrogens with one attached hydrogen (secondary N) is 1. The Labute approximate surface area is 223 Å². The number of fused-ring (bicyclic) bond motifs is 3.